The molecule has 1 heterocycles. The van der Waals surface area contributed by atoms with Crippen molar-refractivity contribution in [3.8, 4) is 33.9 Å². The lowest BCUT2D eigenvalue weighted by Crippen LogP contribution is -2.21. The number of pyridine rings is 1. The average molecular weight is 396 g/mol. The van der Waals surface area contributed by atoms with Crippen molar-refractivity contribution in [1.82, 2.24) is 4.98 Å². The Kier molecular flexibility index (Phi) is 5.66. The van der Waals surface area contributed by atoms with Gasteiger partial charge >= 0.3 is 0 Å². The molecule has 0 bridgehead atoms. The quantitative estimate of drug-likeness (QED) is 0.451. The Morgan fingerprint density at radius 2 is 1.57 bits per heavy atom. The van der Waals surface area contributed by atoms with E-state index in [2.05, 4.69) is 41.2 Å². The Morgan fingerprint density at radius 3 is 2.37 bits per heavy atom. The highest BCUT2D eigenvalue weighted by atomic mass is 16.3. The monoisotopic (exact) mass is 396 g/mol. The summed E-state index contributed by atoms with van der Waals surface area (Å²) in [5.41, 5.74) is 5.69. The molecular formula is C26H24N2O2. The fourth-order valence-corrected chi connectivity index (χ4v) is 3.64. The zero-order valence-electron chi connectivity index (χ0n) is 16.9. The molecule has 4 nitrogen and oxygen atoms in total. The van der Waals surface area contributed by atoms with Crippen molar-refractivity contribution in [2.75, 3.05) is 18.5 Å². The molecule has 0 unspecified atom stereocenters. The number of anilines is 1. The molecule has 0 amide bonds. The number of likely N-dealkylation sites (N-methyl/N-ethyl adjacent to an activating group) is 1. The van der Waals surface area contributed by atoms with Gasteiger partial charge in [0.25, 0.3) is 0 Å². The Balaban J connectivity index is 1.73. The number of hydrogen-bond donors (Lipinski definition) is 2. The highest BCUT2D eigenvalue weighted by molar-refractivity contribution is 5.88. The van der Waals surface area contributed by atoms with Crippen LogP contribution in [0.2, 0.25) is 0 Å². The lowest BCUT2D eigenvalue weighted by Gasteiger charge is -2.24. The zero-order valence-corrected chi connectivity index (χ0v) is 16.9. The number of aromatic hydroxyl groups is 2. The number of aromatic nitrogens is 1. The second-order valence-corrected chi connectivity index (χ2v) is 7.31. The fourth-order valence-electron chi connectivity index (χ4n) is 3.64. The highest BCUT2D eigenvalue weighted by Crippen LogP contribution is 2.38. The summed E-state index contributed by atoms with van der Waals surface area (Å²) in [5, 5.41) is 20.1. The minimum Gasteiger partial charge on any atom is -0.508 e. The average Bonchev–Trinajstić information content (AvgIpc) is 2.78. The largest absolute Gasteiger partial charge is 0.508 e. The predicted octanol–water partition coefficient (Wildman–Crippen LogP) is 5.51. The molecule has 0 spiro atoms. The maximum absolute atomic E-state index is 10.2. The number of phenols is 2. The van der Waals surface area contributed by atoms with Crippen LogP contribution in [-0.4, -0.2) is 28.8 Å². The molecule has 0 aliphatic rings. The third kappa shape index (κ3) is 4.28. The molecule has 30 heavy (non-hydrogen) atoms. The number of nitrogens with zero attached hydrogens (tertiary/aromatic N) is 2. The van der Waals surface area contributed by atoms with E-state index in [9.17, 15) is 10.2 Å². The summed E-state index contributed by atoms with van der Waals surface area (Å²) in [4.78, 5) is 6.77. The van der Waals surface area contributed by atoms with Crippen molar-refractivity contribution in [1.29, 1.82) is 0 Å². The van der Waals surface area contributed by atoms with Gasteiger partial charge in [-0.05, 0) is 48.4 Å². The van der Waals surface area contributed by atoms with Crippen LogP contribution in [0.4, 0.5) is 5.69 Å². The van der Waals surface area contributed by atoms with Gasteiger partial charge in [-0.15, -0.1) is 0 Å². The summed E-state index contributed by atoms with van der Waals surface area (Å²) in [6.07, 6.45) is 2.66. The van der Waals surface area contributed by atoms with Crippen LogP contribution in [0.25, 0.3) is 22.4 Å². The predicted molar refractivity (Wildman–Crippen MR) is 122 cm³/mol. The summed E-state index contributed by atoms with van der Waals surface area (Å²) in [6.45, 7) is 0.837. The van der Waals surface area contributed by atoms with Crippen molar-refractivity contribution in [2.24, 2.45) is 0 Å². The molecule has 3 aromatic carbocycles. The smallest absolute Gasteiger partial charge is 0.116 e. The first-order chi connectivity index (χ1) is 14.6. The molecule has 4 rings (SSSR count). The van der Waals surface area contributed by atoms with E-state index in [4.69, 9.17) is 0 Å². The van der Waals surface area contributed by atoms with Crippen molar-refractivity contribution < 1.29 is 10.2 Å². The number of phenolic OH excluding ortho intramolecular Hbond substituents is 2. The van der Waals surface area contributed by atoms with Crippen LogP contribution in [0.3, 0.4) is 0 Å². The first-order valence-corrected chi connectivity index (χ1v) is 9.95. The molecule has 0 saturated heterocycles. The summed E-state index contributed by atoms with van der Waals surface area (Å²) < 4.78 is 0. The summed E-state index contributed by atoms with van der Waals surface area (Å²) in [5.74, 6) is 0.399. The molecule has 0 aliphatic carbocycles. The van der Waals surface area contributed by atoms with Gasteiger partial charge < -0.3 is 15.1 Å². The van der Waals surface area contributed by atoms with Gasteiger partial charge in [0, 0.05) is 42.2 Å². The van der Waals surface area contributed by atoms with Crippen LogP contribution in [0, 0.1) is 0 Å². The van der Waals surface area contributed by atoms with Gasteiger partial charge in [0.2, 0.25) is 0 Å². The third-order valence-electron chi connectivity index (χ3n) is 5.19. The first kappa shape index (κ1) is 19.5. The van der Waals surface area contributed by atoms with Gasteiger partial charge in [0.15, 0.2) is 0 Å². The lowest BCUT2D eigenvalue weighted by molar-refractivity contribution is 0.475. The van der Waals surface area contributed by atoms with E-state index in [1.165, 1.54) is 5.56 Å². The molecule has 4 heteroatoms. The van der Waals surface area contributed by atoms with Crippen LogP contribution in [0.1, 0.15) is 5.56 Å². The van der Waals surface area contributed by atoms with Gasteiger partial charge in [-0.2, -0.15) is 0 Å². The minimum atomic E-state index is 0.195. The summed E-state index contributed by atoms with van der Waals surface area (Å²) >= 11 is 0. The van der Waals surface area contributed by atoms with Crippen molar-refractivity contribution in [2.45, 2.75) is 6.42 Å². The molecule has 0 aliphatic heterocycles. The second kappa shape index (κ2) is 8.70. The van der Waals surface area contributed by atoms with Gasteiger partial charge in [0.1, 0.15) is 11.5 Å². The van der Waals surface area contributed by atoms with Gasteiger partial charge in [-0.25, -0.2) is 0 Å². The van der Waals surface area contributed by atoms with Gasteiger partial charge in [-0.1, -0.05) is 48.5 Å². The lowest BCUT2D eigenvalue weighted by atomic mass is 9.97. The van der Waals surface area contributed by atoms with E-state index in [-0.39, 0.29) is 11.5 Å². The van der Waals surface area contributed by atoms with Crippen molar-refractivity contribution in [3.05, 3.63) is 96.7 Å². The highest BCUT2D eigenvalue weighted by Gasteiger charge is 2.16. The standard InChI is InChI=1S/C26H24N2O2/c1-28(16-14-19-7-3-2-4-8-19)25-13-12-22(30)18-24(25)23-11-6-15-27-26(23)20-9-5-10-21(29)17-20/h2-13,15,17-18,29-30H,14,16H2,1H3. The van der Waals surface area contributed by atoms with Crippen LogP contribution in [0.15, 0.2) is 91.1 Å². The molecule has 150 valence electrons. The van der Waals surface area contributed by atoms with Gasteiger partial charge in [-0.3, -0.25) is 4.98 Å². The minimum absolute atomic E-state index is 0.195. The fraction of sp³-hybridized carbons (Fsp3) is 0.115. The SMILES string of the molecule is CN(CCc1ccccc1)c1ccc(O)cc1-c1cccnc1-c1cccc(O)c1. The number of rotatable bonds is 6. The molecule has 0 saturated carbocycles. The first-order valence-electron chi connectivity index (χ1n) is 9.95. The Hall–Kier alpha value is -3.79. The molecule has 0 radical (unpaired) electrons. The van der Waals surface area contributed by atoms with Crippen molar-refractivity contribution >= 4 is 5.69 Å². The topological polar surface area (TPSA) is 56.6 Å². The second-order valence-electron chi connectivity index (χ2n) is 7.31. The Bertz CT molecular complexity index is 1140. The molecule has 0 fully saturated rings. The number of hydrogen-bond acceptors (Lipinski definition) is 4. The molecule has 2 N–H and O–H groups in total. The van der Waals surface area contributed by atoms with E-state index < -0.39 is 0 Å². The van der Waals surface area contributed by atoms with E-state index in [0.717, 1.165) is 41.0 Å². The van der Waals surface area contributed by atoms with E-state index in [1.807, 2.05) is 30.3 Å². The summed E-state index contributed by atoms with van der Waals surface area (Å²) in [7, 11) is 2.06. The Labute approximate surface area is 176 Å². The van der Waals surface area contributed by atoms with E-state index >= 15 is 0 Å². The Morgan fingerprint density at radius 1 is 0.767 bits per heavy atom. The maximum atomic E-state index is 10.2. The van der Waals surface area contributed by atoms with E-state index in [1.54, 1.807) is 36.5 Å². The number of benzene rings is 3. The maximum Gasteiger partial charge on any atom is 0.116 e. The molecule has 4 aromatic rings. The summed E-state index contributed by atoms with van der Waals surface area (Å²) in [6, 6.07) is 26.8. The van der Waals surface area contributed by atoms with Crippen LogP contribution < -0.4 is 4.90 Å². The van der Waals surface area contributed by atoms with Gasteiger partial charge in [0.05, 0.1) is 5.69 Å². The van der Waals surface area contributed by atoms with E-state index in [0.29, 0.717) is 0 Å². The molecular weight excluding hydrogens is 372 g/mol. The van der Waals surface area contributed by atoms with Crippen LogP contribution in [-0.2, 0) is 6.42 Å². The normalized spacial score (nSPS) is 10.7. The molecule has 0 atom stereocenters. The van der Waals surface area contributed by atoms with Crippen LogP contribution >= 0.6 is 0 Å². The third-order valence-corrected chi connectivity index (χ3v) is 5.19. The zero-order chi connectivity index (χ0) is 20.9. The van der Waals surface area contributed by atoms with Crippen molar-refractivity contribution in [3.63, 3.8) is 0 Å². The van der Waals surface area contributed by atoms with Crippen LogP contribution in [0.5, 0.6) is 11.5 Å². The molecule has 1 aromatic heterocycles.